The van der Waals surface area contributed by atoms with Gasteiger partial charge in [0, 0.05) is 16.9 Å². The van der Waals surface area contributed by atoms with Gasteiger partial charge in [0.2, 0.25) is 5.91 Å². The molecule has 4 heteroatoms. The van der Waals surface area contributed by atoms with Gasteiger partial charge < -0.3 is 5.32 Å². The zero-order valence-electron chi connectivity index (χ0n) is 11.4. The average Bonchev–Trinajstić information content (AvgIpc) is 2.70. The molecule has 0 spiro atoms. The number of carbonyl (C=O) groups is 1. The molecule has 19 heavy (non-hydrogen) atoms. The number of aromatic nitrogens is 1. The molecule has 0 saturated carbocycles. The van der Waals surface area contributed by atoms with E-state index in [-0.39, 0.29) is 5.91 Å². The summed E-state index contributed by atoms with van der Waals surface area (Å²) in [4.78, 5) is 17.4. The van der Waals surface area contributed by atoms with Crippen molar-refractivity contribution < 1.29 is 4.79 Å². The summed E-state index contributed by atoms with van der Waals surface area (Å²) in [6.45, 7) is 6.09. The highest BCUT2D eigenvalue weighted by Crippen LogP contribution is 2.30. The van der Waals surface area contributed by atoms with Crippen molar-refractivity contribution in [2.45, 2.75) is 27.2 Å². The van der Waals surface area contributed by atoms with Crippen molar-refractivity contribution in [1.29, 1.82) is 0 Å². The molecular weight excluding hydrogens is 256 g/mol. The molecule has 2 aromatic rings. The standard InChI is InChI=1S/C15H18N2OS/c1-10(2)9-13(18)16-15-17-14(11(3)19-15)12-7-5-4-6-8-12/h4-8,10H,9H2,1-3H3,(H,16,17,18). The SMILES string of the molecule is Cc1sc(NC(=O)CC(C)C)nc1-c1ccccc1. The minimum absolute atomic E-state index is 0.0309. The Kier molecular flexibility index (Phi) is 4.32. The number of carbonyl (C=O) groups excluding carboxylic acids is 1. The van der Waals surface area contributed by atoms with Crippen molar-refractivity contribution in [2.75, 3.05) is 5.32 Å². The Morgan fingerprint density at radius 2 is 2.00 bits per heavy atom. The molecule has 0 aliphatic rings. The first kappa shape index (κ1) is 13.7. The number of nitrogens with one attached hydrogen (secondary N) is 1. The molecule has 0 aliphatic heterocycles. The maximum absolute atomic E-state index is 11.7. The summed E-state index contributed by atoms with van der Waals surface area (Å²) in [6.07, 6.45) is 0.527. The smallest absolute Gasteiger partial charge is 0.226 e. The Labute approximate surface area is 117 Å². The number of thiazole rings is 1. The first-order chi connectivity index (χ1) is 9.06. The second-order valence-corrected chi connectivity index (χ2v) is 6.14. The summed E-state index contributed by atoms with van der Waals surface area (Å²) in [5.41, 5.74) is 2.03. The van der Waals surface area contributed by atoms with Gasteiger partial charge in [-0.2, -0.15) is 0 Å². The lowest BCUT2D eigenvalue weighted by Crippen LogP contribution is -2.13. The molecular formula is C15H18N2OS. The third kappa shape index (κ3) is 3.64. The second kappa shape index (κ2) is 5.97. The Hall–Kier alpha value is -1.68. The number of benzene rings is 1. The van der Waals surface area contributed by atoms with E-state index in [2.05, 4.69) is 10.3 Å². The minimum Gasteiger partial charge on any atom is -0.302 e. The highest BCUT2D eigenvalue weighted by atomic mass is 32.1. The fourth-order valence-corrected chi connectivity index (χ4v) is 2.71. The number of hydrogen-bond donors (Lipinski definition) is 1. The van der Waals surface area contributed by atoms with E-state index in [0.717, 1.165) is 16.1 Å². The lowest BCUT2D eigenvalue weighted by Gasteiger charge is -2.03. The molecule has 1 heterocycles. The van der Waals surface area contributed by atoms with Gasteiger partial charge in [0.1, 0.15) is 0 Å². The number of amides is 1. The predicted molar refractivity (Wildman–Crippen MR) is 80.4 cm³/mol. The van der Waals surface area contributed by atoms with Crippen molar-refractivity contribution in [2.24, 2.45) is 5.92 Å². The lowest BCUT2D eigenvalue weighted by molar-refractivity contribution is -0.116. The first-order valence-electron chi connectivity index (χ1n) is 6.39. The van der Waals surface area contributed by atoms with E-state index >= 15 is 0 Å². The highest BCUT2D eigenvalue weighted by Gasteiger charge is 2.12. The molecule has 0 saturated heterocycles. The van der Waals surface area contributed by atoms with Crippen molar-refractivity contribution in [1.82, 2.24) is 4.98 Å². The second-order valence-electron chi connectivity index (χ2n) is 4.94. The van der Waals surface area contributed by atoms with Crippen LogP contribution in [0.3, 0.4) is 0 Å². The molecule has 0 radical (unpaired) electrons. The van der Waals surface area contributed by atoms with Gasteiger partial charge >= 0.3 is 0 Å². The van der Waals surface area contributed by atoms with E-state index in [1.54, 1.807) is 0 Å². The van der Waals surface area contributed by atoms with Crippen LogP contribution in [-0.4, -0.2) is 10.9 Å². The third-order valence-corrected chi connectivity index (χ3v) is 3.57. The van der Waals surface area contributed by atoms with Crippen LogP contribution >= 0.6 is 11.3 Å². The molecule has 3 nitrogen and oxygen atoms in total. The summed E-state index contributed by atoms with van der Waals surface area (Å²) in [5, 5.41) is 3.56. The molecule has 0 unspecified atom stereocenters. The third-order valence-electron chi connectivity index (χ3n) is 2.68. The Bertz CT molecular complexity index is 561. The van der Waals surface area contributed by atoms with Gasteiger partial charge in [-0.15, -0.1) is 11.3 Å². The normalized spacial score (nSPS) is 10.7. The van der Waals surface area contributed by atoms with Crippen LogP contribution in [0.4, 0.5) is 5.13 Å². The van der Waals surface area contributed by atoms with Crippen LogP contribution in [0.1, 0.15) is 25.1 Å². The maximum atomic E-state index is 11.7. The van der Waals surface area contributed by atoms with Gasteiger partial charge in [0.15, 0.2) is 5.13 Å². The minimum atomic E-state index is 0.0309. The van der Waals surface area contributed by atoms with Crippen LogP contribution in [0, 0.1) is 12.8 Å². The molecule has 2 rings (SSSR count). The number of hydrogen-bond acceptors (Lipinski definition) is 3. The zero-order chi connectivity index (χ0) is 13.8. The molecule has 1 N–H and O–H groups in total. The topological polar surface area (TPSA) is 42.0 Å². The van der Waals surface area contributed by atoms with E-state index in [0.29, 0.717) is 17.5 Å². The van der Waals surface area contributed by atoms with Gasteiger partial charge in [-0.25, -0.2) is 4.98 Å². The zero-order valence-corrected chi connectivity index (χ0v) is 12.3. The highest BCUT2D eigenvalue weighted by molar-refractivity contribution is 7.16. The van der Waals surface area contributed by atoms with E-state index in [1.807, 2.05) is 51.1 Å². The Balaban J connectivity index is 2.16. The predicted octanol–water partition coefficient (Wildman–Crippen LogP) is 4.10. The number of aryl methyl sites for hydroxylation is 1. The Morgan fingerprint density at radius 1 is 1.32 bits per heavy atom. The molecule has 0 aliphatic carbocycles. The van der Waals surface area contributed by atoms with Gasteiger partial charge in [-0.05, 0) is 12.8 Å². The summed E-state index contributed by atoms with van der Waals surface area (Å²) in [6, 6.07) is 10.0. The number of nitrogens with zero attached hydrogens (tertiary/aromatic N) is 1. The van der Waals surface area contributed by atoms with Crippen LogP contribution in [0.15, 0.2) is 30.3 Å². The molecule has 0 bridgehead atoms. The van der Waals surface area contributed by atoms with Crippen LogP contribution in [0.25, 0.3) is 11.3 Å². The largest absolute Gasteiger partial charge is 0.302 e. The van der Waals surface area contributed by atoms with Crippen molar-refractivity contribution in [3.63, 3.8) is 0 Å². The first-order valence-corrected chi connectivity index (χ1v) is 7.20. The summed E-state index contributed by atoms with van der Waals surface area (Å²) >= 11 is 1.52. The number of rotatable bonds is 4. The van der Waals surface area contributed by atoms with Crippen molar-refractivity contribution in [3.8, 4) is 11.3 Å². The summed E-state index contributed by atoms with van der Waals surface area (Å²) in [7, 11) is 0. The van der Waals surface area contributed by atoms with E-state index in [1.165, 1.54) is 11.3 Å². The van der Waals surface area contributed by atoms with Crippen LogP contribution in [0.5, 0.6) is 0 Å². The number of anilines is 1. The monoisotopic (exact) mass is 274 g/mol. The van der Waals surface area contributed by atoms with E-state index in [9.17, 15) is 4.79 Å². The van der Waals surface area contributed by atoms with E-state index in [4.69, 9.17) is 0 Å². The molecule has 100 valence electrons. The molecule has 0 fully saturated rings. The van der Waals surface area contributed by atoms with Crippen LogP contribution in [-0.2, 0) is 4.79 Å². The lowest BCUT2D eigenvalue weighted by atomic mass is 10.1. The van der Waals surface area contributed by atoms with Crippen molar-refractivity contribution >= 4 is 22.4 Å². The van der Waals surface area contributed by atoms with Gasteiger partial charge in [0.25, 0.3) is 0 Å². The summed E-state index contributed by atoms with van der Waals surface area (Å²) in [5.74, 6) is 0.387. The molecule has 1 aromatic carbocycles. The quantitative estimate of drug-likeness (QED) is 0.912. The maximum Gasteiger partial charge on any atom is 0.226 e. The molecule has 1 aromatic heterocycles. The van der Waals surface area contributed by atoms with Gasteiger partial charge in [-0.3, -0.25) is 4.79 Å². The van der Waals surface area contributed by atoms with Crippen LogP contribution < -0.4 is 5.32 Å². The average molecular weight is 274 g/mol. The Morgan fingerprint density at radius 3 is 2.63 bits per heavy atom. The molecule has 1 amide bonds. The summed E-state index contributed by atoms with van der Waals surface area (Å²) < 4.78 is 0. The van der Waals surface area contributed by atoms with Crippen molar-refractivity contribution in [3.05, 3.63) is 35.2 Å². The van der Waals surface area contributed by atoms with Gasteiger partial charge in [0.05, 0.1) is 5.69 Å². The fraction of sp³-hybridized carbons (Fsp3) is 0.333. The van der Waals surface area contributed by atoms with E-state index < -0.39 is 0 Å². The van der Waals surface area contributed by atoms with Crippen LogP contribution in [0.2, 0.25) is 0 Å². The van der Waals surface area contributed by atoms with Gasteiger partial charge in [-0.1, -0.05) is 44.2 Å². The fourth-order valence-electron chi connectivity index (χ4n) is 1.85. The molecule has 0 atom stereocenters.